The molecular formula is C18H25N3O3S. The summed E-state index contributed by atoms with van der Waals surface area (Å²) in [6.07, 6.45) is 1.21. The number of carbonyl (C=O) groups excluding carboxylic acids is 1. The van der Waals surface area contributed by atoms with Gasteiger partial charge >= 0.3 is 0 Å². The lowest BCUT2D eigenvalue weighted by Gasteiger charge is -2.17. The monoisotopic (exact) mass is 363 g/mol. The van der Waals surface area contributed by atoms with Crippen LogP contribution in [0.4, 0.5) is 5.69 Å². The van der Waals surface area contributed by atoms with Crippen molar-refractivity contribution in [2.75, 3.05) is 32.1 Å². The molecule has 2 N–H and O–H groups in total. The van der Waals surface area contributed by atoms with E-state index in [4.69, 9.17) is 0 Å². The van der Waals surface area contributed by atoms with E-state index >= 15 is 0 Å². The number of hydrogen-bond acceptors (Lipinski definition) is 4. The Morgan fingerprint density at radius 1 is 1.04 bits per heavy atom. The average Bonchev–Trinajstić information content (AvgIpc) is 2.57. The van der Waals surface area contributed by atoms with Crippen molar-refractivity contribution in [2.45, 2.75) is 24.7 Å². The number of nitrogens with one attached hydrogen (secondary N) is 2. The van der Waals surface area contributed by atoms with Crippen molar-refractivity contribution < 1.29 is 13.2 Å². The molecule has 0 heterocycles. The van der Waals surface area contributed by atoms with Gasteiger partial charge < -0.3 is 10.2 Å². The SMILES string of the molecule is CCCC(=O)NCCNS(=O)(=O)c1cccc2c(N(C)C)cccc12. The van der Waals surface area contributed by atoms with Gasteiger partial charge in [-0.3, -0.25) is 4.79 Å². The van der Waals surface area contributed by atoms with Crippen molar-refractivity contribution in [1.82, 2.24) is 10.0 Å². The Bertz CT molecular complexity index is 848. The van der Waals surface area contributed by atoms with Crippen LogP contribution in [0, 0.1) is 0 Å². The number of sulfonamides is 1. The maximum atomic E-state index is 12.7. The third-order valence-corrected chi connectivity index (χ3v) is 5.37. The molecule has 0 atom stereocenters. The zero-order valence-corrected chi connectivity index (χ0v) is 15.7. The second-order valence-corrected chi connectivity index (χ2v) is 7.76. The summed E-state index contributed by atoms with van der Waals surface area (Å²) in [4.78, 5) is 13.6. The highest BCUT2D eigenvalue weighted by molar-refractivity contribution is 7.89. The lowest BCUT2D eigenvalue weighted by atomic mass is 10.1. The average molecular weight is 363 g/mol. The van der Waals surface area contributed by atoms with Gasteiger partial charge in [0.05, 0.1) is 4.90 Å². The molecule has 6 nitrogen and oxygen atoms in total. The minimum atomic E-state index is -3.66. The molecular weight excluding hydrogens is 338 g/mol. The third kappa shape index (κ3) is 4.70. The second kappa shape index (κ2) is 8.31. The van der Waals surface area contributed by atoms with Gasteiger partial charge in [-0.1, -0.05) is 31.2 Å². The molecule has 0 aliphatic rings. The van der Waals surface area contributed by atoms with Crippen molar-refractivity contribution in [2.24, 2.45) is 0 Å². The van der Waals surface area contributed by atoms with Gasteiger partial charge in [0.15, 0.2) is 0 Å². The quantitative estimate of drug-likeness (QED) is 0.704. The third-order valence-electron chi connectivity index (χ3n) is 3.85. The standard InChI is InChI=1S/C18H25N3O3S/c1-4-7-18(22)19-12-13-20-25(23,24)17-11-6-8-14-15(17)9-5-10-16(14)21(2)3/h5-6,8-11,20H,4,7,12-13H2,1-3H3,(H,19,22). The van der Waals surface area contributed by atoms with Crippen molar-refractivity contribution in [3.05, 3.63) is 36.4 Å². The van der Waals surface area contributed by atoms with E-state index in [1.807, 2.05) is 44.1 Å². The first-order valence-electron chi connectivity index (χ1n) is 8.32. The molecule has 0 aromatic heterocycles. The highest BCUT2D eigenvalue weighted by Gasteiger charge is 2.18. The van der Waals surface area contributed by atoms with E-state index in [0.29, 0.717) is 11.8 Å². The van der Waals surface area contributed by atoms with Crippen molar-refractivity contribution >= 4 is 32.4 Å². The van der Waals surface area contributed by atoms with Crippen LogP contribution in [0.3, 0.4) is 0 Å². The molecule has 0 saturated carbocycles. The molecule has 136 valence electrons. The van der Waals surface area contributed by atoms with E-state index in [-0.39, 0.29) is 23.9 Å². The Kier molecular flexibility index (Phi) is 6.39. The summed E-state index contributed by atoms with van der Waals surface area (Å²) in [6, 6.07) is 10.9. The summed E-state index contributed by atoms with van der Waals surface area (Å²) < 4.78 is 27.9. The minimum absolute atomic E-state index is 0.0671. The van der Waals surface area contributed by atoms with Crippen molar-refractivity contribution in [1.29, 1.82) is 0 Å². The van der Waals surface area contributed by atoms with Gasteiger partial charge in [0, 0.05) is 50.1 Å². The molecule has 0 unspecified atom stereocenters. The maximum Gasteiger partial charge on any atom is 0.241 e. The Hall–Kier alpha value is -2.12. The van der Waals surface area contributed by atoms with Crippen LogP contribution in [0.1, 0.15) is 19.8 Å². The molecule has 7 heteroatoms. The Morgan fingerprint density at radius 3 is 2.40 bits per heavy atom. The number of carbonyl (C=O) groups is 1. The predicted octanol–water partition coefficient (Wildman–Crippen LogP) is 2.10. The fourth-order valence-electron chi connectivity index (χ4n) is 2.67. The maximum absolute atomic E-state index is 12.7. The molecule has 2 aromatic rings. The van der Waals surface area contributed by atoms with E-state index < -0.39 is 10.0 Å². The molecule has 0 radical (unpaired) electrons. The number of nitrogens with zero attached hydrogens (tertiary/aromatic N) is 1. The first kappa shape index (κ1) is 19.2. The number of fused-ring (bicyclic) bond motifs is 1. The highest BCUT2D eigenvalue weighted by atomic mass is 32.2. The van der Waals surface area contributed by atoms with Gasteiger partial charge in [-0.2, -0.15) is 0 Å². The van der Waals surface area contributed by atoms with Crippen molar-refractivity contribution in [3.8, 4) is 0 Å². The number of rotatable bonds is 8. The molecule has 0 fully saturated rings. The predicted molar refractivity (Wildman–Crippen MR) is 101 cm³/mol. The van der Waals surface area contributed by atoms with Crippen LogP contribution in [-0.4, -0.2) is 41.5 Å². The summed E-state index contributed by atoms with van der Waals surface area (Å²) in [7, 11) is 0.188. The van der Waals surface area contributed by atoms with Crippen LogP contribution >= 0.6 is 0 Å². The molecule has 0 saturated heterocycles. The lowest BCUT2D eigenvalue weighted by molar-refractivity contribution is -0.121. The molecule has 0 spiro atoms. The highest BCUT2D eigenvalue weighted by Crippen LogP contribution is 2.29. The second-order valence-electron chi connectivity index (χ2n) is 6.02. The van der Waals surface area contributed by atoms with Gasteiger partial charge in [-0.15, -0.1) is 0 Å². The van der Waals surface area contributed by atoms with Crippen molar-refractivity contribution in [3.63, 3.8) is 0 Å². The van der Waals surface area contributed by atoms with E-state index in [9.17, 15) is 13.2 Å². The molecule has 25 heavy (non-hydrogen) atoms. The molecule has 2 aromatic carbocycles. The van der Waals surface area contributed by atoms with Crippen LogP contribution in [-0.2, 0) is 14.8 Å². The Morgan fingerprint density at radius 2 is 1.72 bits per heavy atom. The largest absolute Gasteiger partial charge is 0.377 e. The van der Waals surface area contributed by atoms with Crippen LogP contribution in [0.15, 0.2) is 41.3 Å². The number of anilines is 1. The zero-order valence-electron chi connectivity index (χ0n) is 14.9. The molecule has 0 aliphatic heterocycles. The van der Waals surface area contributed by atoms with Gasteiger partial charge in [-0.25, -0.2) is 13.1 Å². The number of amides is 1. The first-order valence-corrected chi connectivity index (χ1v) is 9.80. The summed E-state index contributed by atoms with van der Waals surface area (Å²) in [5.41, 5.74) is 0.960. The van der Waals surface area contributed by atoms with Crippen LogP contribution in [0.5, 0.6) is 0 Å². The van der Waals surface area contributed by atoms with Gasteiger partial charge in [-0.05, 0) is 18.6 Å². The van der Waals surface area contributed by atoms with Gasteiger partial charge in [0.2, 0.25) is 15.9 Å². The summed E-state index contributed by atoms with van der Waals surface area (Å²) in [5, 5.41) is 4.25. The molecule has 0 bridgehead atoms. The van der Waals surface area contributed by atoms with Crippen LogP contribution < -0.4 is 14.9 Å². The normalized spacial score (nSPS) is 11.5. The molecule has 0 aliphatic carbocycles. The molecule has 2 rings (SSSR count). The van der Waals surface area contributed by atoms with Crippen LogP contribution in [0.2, 0.25) is 0 Å². The van der Waals surface area contributed by atoms with E-state index in [0.717, 1.165) is 17.5 Å². The summed E-state index contributed by atoms with van der Waals surface area (Å²) in [6.45, 7) is 2.35. The Labute approximate surface area is 149 Å². The summed E-state index contributed by atoms with van der Waals surface area (Å²) in [5.74, 6) is -0.0671. The summed E-state index contributed by atoms with van der Waals surface area (Å²) >= 11 is 0. The number of benzene rings is 2. The number of hydrogen-bond donors (Lipinski definition) is 2. The Balaban J connectivity index is 2.19. The van der Waals surface area contributed by atoms with Gasteiger partial charge in [0.1, 0.15) is 0 Å². The fourth-order valence-corrected chi connectivity index (χ4v) is 3.92. The molecule has 1 amide bonds. The lowest BCUT2D eigenvalue weighted by Crippen LogP contribution is -2.34. The van der Waals surface area contributed by atoms with E-state index in [2.05, 4.69) is 10.0 Å². The minimum Gasteiger partial charge on any atom is -0.377 e. The van der Waals surface area contributed by atoms with Crippen LogP contribution in [0.25, 0.3) is 10.8 Å². The van der Waals surface area contributed by atoms with E-state index in [1.54, 1.807) is 18.2 Å². The van der Waals surface area contributed by atoms with E-state index in [1.165, 1.54) is 0 Å². The topological polar surface area (TPSA) is 78.5 Å². The zero-order chi connectivity index (χ0) is 18.4. The fraction of sp³-hybridized carbons (Fsp3) is 0.389. The first-order chi connectivity index (χ1) is 11.9. The smallest absolute Gasteiger partial charge is 0.241 e. The van der Waals surface area contributed by atoms with Gasteiger partial charge in [0.25, 0.3) is 0 Å².